The molecule has 166 valence electrons. The standard InChI is InChI=1S/C29H40N2/c1-7-31-26-18-22(13-14-23(26)20(2)19-28(31,3)4)29(5,6)25-15-12-21-10-8-16-30-17-9-11-24(25)27(21)30/h12-15,18,20H,7-11,16-17,19H2,1-6H3. The highest BCUT2D eigenvalue weighted by atomic mass is 15.2. The van der Waals surface area contributed by atoms with E-state index in [-0.39, 0.29) is 11.0 Å². The van der Waals surface area contributed by atoms with Crippen molar-refractivity contribution < 1.29 is 0 Å². The van der Waals surface area contributed by atoms with Gasteiger partial charge in [-0.25, -0.2) is 0 Å². The molecular weight excluding hydrogens is 376 g/mol. The molecule has 1 atom stereocenters. The van der Waals surface area contributed by atoms with Gasteiger partial charge in [0.05, 0.1) is 0 Å². The van der Waals surface area contributed by atoms with Crippen LogP contribution in [0.4, 0.5) is 11.4 Å². The van der Waals surface area contributed by atoms with E-state index in [1.54, 1.807) is 22.4 Å². The number of aryl methyl sites for hydroxylation is 1. The van der Waals surface area contributed by atoms with Crippen LogP contribution in [-0.4, -0.2) is 25.2 Å². The fourth-order valence-corrected chi connectivity index (χ4v) is 6.99. The van der Waals surface area contributed by atoms with Crippen LogP contribution in [0.5, 0.6) is 0 Å². The molecule has 31 heavy (non-hydrogen) atoms. The van der Waals surface area contributed by atoms with E-state index < -0.39 is 0 Å². The van der Waals surface area contributed by atoms with Gasteiger partial charge in [0.2, 0.25) is 0 Å². The molecule has 5 rings (SSSR count). The Morgan fingerprint density at radius 1 is 1.03 bits per heavy atom. The van der Waals surface area contributed by atoms with Crippen molar-refractivity contribution >= 4 is 11.4 Å². The van der Waals surface area contributed by atoms with Gasteiger partial charge >= 0.3 is 0 Å². The molecule has 0 aromatic heterocycles. The Labute approximate surface area is 189 Å². The van der Waals surface area contributed by atoms with Gasteiger partial charge in [0, 0.05) is 42.0 Å². The fraction of sp³-hybridized carbons (Fsp3) is 0.586. The summed E-state index contributed by atoms with van der Waals surface area (Å²) < 4.78 is 0. The maximum Gasteiger partial charge on any atom is 0.0434 e. The Hall–Kier alpha value is -1.96. The Morgan fingerprint density at radius 3 is 2.52 bits per heavy atom. The molecule has 0 bridgehead atoms. The van der Waals surface area contributed by atoms with Crippen LogP contribution in [-0.2, 0) is 18.3 Å². The molecule has 0 fully saturated rings. The zero-order valence-corrected chi connectivity index (χ0v) is 20.5. The molecule has 0 amide bonds. The van der Waals surface area contributed by atoms with Crippen LogP contribution in [0.15, 0.2) is 30.3 Å². The zero-order valence-electron chi connectivity index (χ0n) is 20.5. The summed E-state index contributed by atoms with van der Waals surface area (Å²) in [4.78, 5) is 5.31. The first kappa shape index (κ1) is 20.9. The second-order valence-electron chi connectivity index (χ2n) is 11.4. The first-order chi connectivity index (χ1) is 14.7. The Kier molecular flexibility index (Phi) is 4.92. The Bertz CT molecular complexity index is 998. The molecule has 2 nitrogen and oxygen atoms in total. The maximum absolute atomic E-state index is 2.67. The Morgan fingerprint density at radius 2 is 1.77 bits per heavy atom. The molecule has 2 heteroatoms. The molecular formula is C29H40N2. The summed E-state index contributed by atoms with van der Waals surface area (Å²) >= 11 is 0. The van der Waals surface area contributed by atoms with Gasteiger partial charge in [0.25, 0.3) is 0 Å². The number of rotatable bonds is 3. The largest absolute Gasteiger partial charge is 0.371 e. The third kappa shape index (κ3) is 3.20. The van der Waals surface area contributed by atoms with Crippen LogP contribution >= 0.6 is 0 Å². The van der Waals surface area contributed by atoms with Crippen molar-refractivity contribution in [2.75, 3.05) is 29.4 Å². The second kappa shape index (κ2) is 7.29. The molecule has 3 aliphatic heterocycles. The third-order valence-corrected chi connectivity index (χ3v) is 8.51. The molecule has 1 unspecified atom stereocenters. The lowest BCUT2D eigenvalue weighted by Gasteiger charge is -2.48. The monoisotopic (exact) mass is 416 g/mol. The molecule has 3 heterocycles. The van der Waals surface area contributed by atoms with E-state index in [0.717, 1.165) is 6.54 Å². The number of nitrogens with zero attached hydrogens (tertiary/aromatic N) is 2. The summed E-state index contributed by atoms with van der Waals surface area (Å²) in [5.41, 5.74) is 11.0. The van der Waals surface area contributed by atoms with Crippen LogP contribution < -0.4 is 9.80 Å². The minimum Gasteiger partial charge on any atom is -0.371 e. The van der Waals surface area contributed by atoms with Gasteiger partial charge < -0.3 is 9.80 Å². The predicted molar refractivity (Wildman–Crippen MR) is 134 cm³/mol. The summed E-state index contributed by atoms with van der Waals surface area (Å²) in [6.07, 6.45) is 6.30. The topological polar surface area (TPSA) is 6.48 Å². The molecule has 0 spiro atoms. The summed E-state index contributed by atoms with van der Waals surface area (Å²) in [5.74, 6) is 0.614. The molecule has 2 aromatic rings. The van der Waals surface area contributed by atoms with Crippen LogP contribution in [0.25, 0.3) is 0 Å². The van der Waals surface area contributed by atoms with Gasteiger partial charge in [-0.2, -0.15) is 0 Å². The number of hydrogen-bond donors (Lipinski definition) is 0. The van der Waals surface area contributed by atoms with Gasteiger partial charge in [-0.05, 0) is 92.7 Å². The quantitative estimate of drug-likeness (QED) is 0.541. The van der Waals surface area contributed by atoms with Crippen LogP contribution in [0.2, 0.25) is 0 Å². The van der Waals surface area contributed by atoms with E-state index in [9.17, 15) is 0 Å². The highest BCUT2D eigenvalue weighted by Crippen LogP contribution is 2.47. The van der Waals surface area contributed by atoms with E-state index >= 15 is 0 Å². The van der Waals surface area contributed by atoms with E-state index in [1.807, 2.05) is 0 Å². The molecule has 0 radical (unpaired) electrons. The molecule has 0 aliphatic carbocycles. The van der Waals surface area contributed by atoms with Crippen molar-refractivity contribution in [2.24, 2.45) is 0 Å². The van der Waals surface area contributed by atoms with Gasteiger partial charge in [-0.15, -0.1) is 0 Å². The van der Waals surface area contributed by atoms with Gasteiger partial charge in [-0.3, -0.25) is 0 Å². The van der Waals surface area contributed by atoms with Gasteiger partial charge in [-0.1, -0.05) is 45.0 Å². The average molecular weight is 417 g/mol. The number of anilines is 2. The van der Waals surface area contributed by atoms with Gasteiger partial charge in [0.15, 0.2) is 0 Å². The van der Waals surface area contributed by atoms with E-state index in [0.29, 0.717) is 5.92 Å². The number of fused-ring (bicyclic) bond motifs is 1. The SMILES string of the molecule is CCN1c2cc(C(C)(C)c3ccc4c5c3CCCN5CCC4)ccc2C(C)CC1(C)C. The van der Waals surface area contributed by atoms with Crippen molar-refractivity contribution in [1.29, 1.82) is 0 Å². The number of benzene rings is 2. The first-order valence-electron chi connectivity index (χ1n) is 12.6. The minimum atomic E-state index is 0.00406. The lowest BCUT2D eigenvalue weighted by molar-refractivity contribution is 0.381. The summed E-state index contributed by atoms with van der Waals surface area (Å²) in [5, 5.41) is 0. The fourth-order valence-electron chi connectivity index (χ4n) is 6.99. The normalized spacial score (nSPS) is 22.2. The van der Waals surface area contributed by atoms with Crippen molar-refractivity contribution in [3.63, 3.8) is 0 Å². The molecule has 2 aromatic carbocycles. The van der Waals surface area contributed by atoms with Crippen LogP contribution in [0.1, 0.15) is 94.5 Å². The minimum absolute atomic E-state index is 0.00406. The molecule has 0 saturated heterocycles. The summed E-state index contributed by atoms with van der Waals surface area (Å²) in [6, 6.07) is 12.3. The smallest absolute Gasteiger partial charge is 0.0434 e. The Balaban J connectivity index is 1.63. The van der Waals surface area contributed by atoms with Gasteiger partial charge in [0.1, 0.15) is 0 Å². The highest BCUT2D eigenvalue weighted by Gasteiger charge is 2.37. The van der Waals surface area contributed by atoms with E-state index in [4.69, 9.17) is 0 Å². The lowest BCUT2D eigenvalue weighted by Crippen LogP contribution is -2.48. The second-order valence-corrected chi connectivity index (χ2v) is 11.4. The third-order valence-electron chi connectivity index (χ3n) is 8.51. The zero-order chi connectivity index (χ0) is 22.0. The van der Waals surface area contributed by atoms with Crippen molar-refractivity contribution in [3.05, 3.63) is 58.1 Å². The van der Waals surface area contributed by atoms with Crippen LogP contribution in [0, 0.1) is 0 Å². The molecule has 0 N–H and O–H groups in total. The summed E-state index contributed by atoms with van der Waals surface area (Å²) in [6.45, 7) is 18.0. The predicted octanol–water partition coefficient (Wildman–Crippen LogP) is 6.82. The van der Waals surface area contributed by atoms with Crippen molar-refractivity contribution in [3.8, 4) is 0 Å². The molecule has 0 saturated carbocycles. The van der Waals surface area contributed by atoms with E-state index in [2.05, 4.69) is 81.7 Å². The van der Waals surface area contributed by atoms with Crippen LogP contribution in [0.3, 0.4) is 0 Å². The van der Waals surface area contributed by atoms with Crippen molar-refractivity contribution in [2.45, 2.75) is 90.5 Å². The average Bonchev–Trinajstić information content (AvgIpc) is 2.73. The highest BCUT2D eigenvalue weighted by molar-refractivity contribution is 5.68. The van der Waals surface area contributed by atoms with E-state index in [1.165, 1.54) is 62.0 Å². The number of hydrogen-bond acceptors (Lipinski definition) is 2. The molecule has 3 aliphatic rings. The lowest BCUT2D eigenvalue weighted by atomic mass is 9.72. The summed E-state index contributed by atoms with van der Waals surface area (Å²) in [7, 11) is 0. The first-order valence-corrected chi connectivity index (χ1v) is 12.6. The van der Waals surface area contributed by atoms with Crippen molar-refractivity contribution in [1.82, 2.24) is 0 Å². The maximum atomic E-state index is 2.67.